The summed E-state index contributed by atoms with van der Waals surface area (Å²) in [5.41, 5.74) is 0.237. The first-order chi connectivity index (χ1) is 8.38. The second kappa shape index (κ2) is 4.74. The second-order valence-electron chi connectivity index (χ2n) is 3.56. The van der Waals surface area contributed by atoms with E-state index in [0.717, 1.165) is 23.9 Å². The molecule has 2 rings (SSSR count). The molecule has 0 atom stereocenters. The number of rotatable bonds is 2. The van der Waals surface area contributed by atoms with Crippen LogP contribution in [0.3, 0.4) is 0 Å². The van der Waals surface area contributed by atoms with E-state index in [1.807, 2.05) is 0 Å². The van der Waals surface area contributed by atoms with Gasteiger partial charge >= 0.3 is 6.18 Å². The van der Waals surface area contributed by atoms with Crippen molar-refractivity contribution in [3.8, 4) is 0 Å². The average Bonchev–Trinajstić information content (AvgIpc) is 2.66. The zero-order valence-electron chi connectivity index (χ0n) is 9.05. The molecule has 1 heterocycles. The van der Waals surface area contributed by atoms with Gasteiger partial charge in [0.15, 0.2) is 11.0 Å². The van der Waals surface area contributed by atoms with E-state index in [4.69, 9.17) is 11.6 Å². The van der Waals surface area contributed by atoms with Gasteiger partial charge in [-0.15, -0.1) is 0 Å². The first kappa shape index (κ1) is 13.1. The minimum absolute atomic E-state index is 0.136. The van der Waals surface area contributed by atoms with Crippen LogP contribution in [0.1, 0.15) is 11.1 Å². The van der Waals surface area contributed by atoms with Crippen molar-refractivity contribution in [2.75, 3.05) is 5.32 Å². The van der Waals surface area contributed by atoms with Gasteiger partial charge in [-0.25, -0.2) is 0 Å². The number of hydrogen-bond donors (Lipinski definition) is 1. The molecule has 1 aromatic carbocycles. The van der Waals surface area contributed by atoms with E-state index in [1.165, 1.54) is 6.07 Å². The van der Waals surface area contributed by atoms with Crippen molar-refractivity contribution in [2.45, 2.75) is 13.1 Å². The number of aromatic nitrogens is 2. The van der Waals surface area contributed by atoms with Gasteiger partial charge < -0.3 is 5.32 Å². The molecule has 0 aliphatic rings. The highest BCUT2D eigenvalue weighted by Crippen LogP contribution is 2.33. The van der Waals surface area contributed by atoms with Crippen molar-refractivity contribution < 1.29 is 13.2 Å². The highest BCUT2D eigenvalue weighted by Gasteiger charge is 2.30. The van der Waals surface area contributed by atoms with Gasteiger partial charge in [-0.3, -0.25) is 0 Å². The summed E-state index contributed by atoms with van der Waals surface area (Å²) in [6.45, 7) is 1.69. The van der Waals surface area contributed by atoms with Crippen LogP contribution in [-0.4, -0.2) is 8.75 Å². The fraction of sp³-hybridized carbons (Fsp3) is 0.200. The van der Waals surface area contributed by atoms with Crippen molar-refractivity contribution in [1.82, 2.24) is 8.75 Å². The molecule has 0 saturated heterocycles. The van der Waals surface area contributed by atoms with Crippen LogP contribution in [0.25, 0.3) is 0 Å². The number of aryl methyl sites for hydroxylation is 1. The summed E-state index contributed by atoms with van der Waals surface area (Å²) in [7, 11) is 0. The highest BCUT2D eigenvalue weighted by molar-refractivity contribution is 6.99. The SMILES string of the molecule is Cc1ccc(C(F)(F)F)cc1Nc1nsnc1Cl. The van der Waals surface area contributed by atoms with Crippen LogP contribution in [0.15, 0.2) is 18.2 Å². The maximum absolute atomic E-state index is 12.6. The summed E-state index contributed by atoms with van der Waals surface area (Å²) >= 11 is 6.61. The quantitative estimate of drug-likeness (QED) is 0.899. The van der Waals surface area contributed by atoms with Crippen LogP contribution in [0.4, 0.5) is 24.7 Å². The van der Waals surface area contributed by atoms with Crippen LogP contribution in [0.5, 0.6) is 0 Å². The summed E-state index contributed by atoms with van der Waals surface area (Å²) < 4.78 is 45.3. The predicted molar refractivity (Wildman–Crippen MR) is 64.4 cm³/mol. The molecule has 1 aromatic heterocycles. The average molecular weight is 294 g/mol. The molecule has 1 N–H and O–H groups in total. The zero-order chi connectivity index (χ0) is 13.3. The monoisotopic (exact) mass is 293 g/mol. The van der Waals surface area contributed by atoms with Gasteiger partial charge in [0, 0.05) is 5.69 Å². The molecule has 0 aliphatic heterocycles. The smallest absolute Gasteiger partial charge is 0.337 e. The Labute approximate surface area is 110 Å². The third kappa shape index (κ3) is 2.73. The molecule has 0 unspecified atom stereocenters. The lowest BCUT2D eigenvalue weighted by molar-refractivity contribution is -0.137. The Morgan fingerprint density at radius 1 is 1.28 bits per heavy atom. The van der Waals surface area contributed by atoms with Crippen molar-refractivity contribution in [1.29, 1.82) is 0 Å². The number of hydrogen-bond acceptors (Lipinski definition) is 4. The summed E-state index contributed by atoms with van der Waals surface area (Å²) in [6, 6.07) is 3.44. The van der Waals surface area contributed by atoms with E-state index in [0.29, 0.717) is 11.3 Å². The molecule has 96 valence electrons. The minimum atomic E-state index is -4.38. The Morgan fingerprint density at radius 3 is 2.56 bits per heavy atom. The molecular weight excluding hydrogens is 287 g/mol. The summed E-state index contributed by atoms with van der Waals surface area (Å²) in [5, 5.41) is 2.87. The Balaban J connectivity index is 2.36. The topological polar surface area (TPSA) is 37.8 Å². The second-order valence-corrected chi connectivity index (χ2v) is 4.44. The first-order valence-electron chi connectivity index (χ1n) is 4.81. The minimum Gasteiger partial charge on any atom is -0.337 e. The van der Waals surface area contributed by atoms with E-state index >= 15 is 0 Å². The van der Waals surface area contributed by atoms with Gasteiger partial charge in [0.05, 0.1) is 17.3 Å². The molecular formula is C10H7ClF3N3S. The van der Waals surface area contributed by atoms with Gasteiger partial charge in [-0.2, -0.15) is 21.9 Å². The molecule has 0 fully saturated rings. The fourth-order valence-electron chi connectivity index (χ4n) is 1.31. The molecule has 0 aliphatic carbocycles. The summed E-state index contributed by atoms with van der Waals surface area (Å²) in [5.74, 6) is 0.254. The van der Waals surface area contributed by atoms with E-state index in [-0.39, 0.29) is 11.0 Å². The maximum Gasteiger partial charge on any atom is 0.416 e. The number of halogens is 4. The summed E-state index contributed by atoms with van der Waals surface area (Å²) in [4.78, 5) is 0. The van der Waals surface area contributed by atoms with Crippen molar-refractivity contribution in [3.05, 3.63) is 34.5 Å². The third-order valence-corrected chi connectivity index (χ3v) is 3.16. The lowest BCUT2D eigenvalue weighted by atomic mass is 10.1. The normalized spacial score (nSPS) is 11.6. The molecule has 2 aromatic rings. The third-order valence-electron chi connectivity index (χ3n) is 2.27. The van der Waals surface area contributed by atoms with Crippen LogP contribution in [0.2, 0.25) is 5.15 Å². The molecule has 0 amide bonds. The van der Waals surface area contributed by atoms with Crippen LogP contribution in [-0.2, 0) is 6.18 Å². The van der Waals surface area contributed by atoms with Crippen LogP contribution < -0.4 is 5.32 Å². The Bertz CT molecular complexity index is 568. The van der Waals surface area contributed by atoms with Gasteiger partial charge in [0.2, 0.25) is 0 Å². The molecule has 3 nitrogen and oxygen atoms in total. The number of benzene rings is 1. The molecule has 18 heavy (non-hydrogen) atoms. The highest BCUT2D eigenvalue weighted by atomic mass is 35.5. The van der Waals surface area contributed by atoms with Gasteiger partial charge in [0.1, 0.15) is 0 Å². The van der Waals surface area contributed by atoms with Crippen molar-refractivity contribution in [2.24, 2.45) is 0 Å². The van der Waals surface area contributed by atoms with Gasteiger partial charge in [-0.1, -0.05) is 17.7 Å². The van der Waals surface area contributed by atoms with Gasteiger partial charge in [0.25, 0.3) is 0 Å². The number of alkyl halides is 3. The zero-order valence-corrected chi connectivity index (χ0v) is 10.6. The van der Waals surface area contributed by atoms with Crippen LogP contribution >= 0.6 is 23.3 Å². The van der Waals surface area contributed by atoms with Crippen LogP contribution in [0, 0.1) is 6.92 Å². The predicted octanol–water partition coefficient (Wildman–Crippen LogP) is 4.26. The lowest BCUT2D eigenvalue weighted by Gasteiger charge is -2.11. The lowest BCUT2D eigenvalue weighted by Crippen LogP contribution is -2.06. The molecule has 0 spiro atoms. The number of nitrogens with zero attached hydrogens (tertiary/aromatic N) is 2. The first-order valence-corrected chi connectivity index (χ1v) is 5.91. The van der Waals surface area contributed by atoms with E-state index in [2.05, 4.69) is 14.1 Å². The maximum atomic E-state index is 12.6. The number of nitrogens with one attached hydrogen (secondary N) is 1. The molecule has 0 saturated carbocycles. The van der Waals surface area contributed by atoms with E-state index in [1.54, 1.807) is 6.92 Å². The summed E-state index contributed by atoms with van der Waals surface area (Å²) in [6.07, 6.45) is -4.38. The van der Waals surface area contributed by atoms with Crippen molar-refractivity contribution in [3.63, 3.8) is 0 Å². The van der Waals surface area contributed by atoms with E-state index in [9.17, 15) is 13.2 Å². The molecule has 0 bridgehead atoms. The fourth-order valence-corrected chi connectivity index (χ4v) is 1.96. The van der Waals surface area contributed by atoms with Crippen molar-refractivity contribution >= 4 is 34.8 Å². The largest absolute Gasteiger partial charge is 0.416 e. The molecule has 0 radical (unpaired) electrons. The Morgan fingerprint density at radius 2 is 2.00 bits per heavy atom. The Kier molecular flexibility index (Phi) is 3.45. The number of anilines is 2. The molecule has 8 heteroatoms. The Hall–Kier alpha value is -1.34. The van der Waals surface area contributed by atoms with Gasteiger partial charge in [-0.05, 0) is 24.6 Å². The standard InChI is InChI=1S/C10H7ClF3N3S/c1-5-2-3-6(10(12,13)14)4-7(5)15-9-8(11)16-18-17-9/h2-4H,1H3,(H,15,17). The van der Waals surface area contributed by atoms with E-state index < -0.39 is 11.7 Å².